The van der Waals surface area contributed by atoms with Gasteiger partial charge in [-0.3, -0.25) is 14.4 Å². The number of esters is 3. The molecule has 1 aliphatic heterocycles. The van der Waals surface area contributed by atoms with Gasteiger partial charge in [-0.05, 0) is 20.8 Å². The predicted molar refractivity (Wildman–Crippen MR) is 85.7 cm³/mol. The Morgan fingerprint density at radius 3 is 2.46 bits per heavy atom. The van der Waals surface area contributed by atoms with E-state index in [1.165, 1.54) is 6.92 Å². The van der Waals surface area contributed by atoms with Gasteiger partial charge >= 0.3 is 17.9 Å². The van der Waals surface area contributed by atoms with Crippen molar-refractivity contribution in [2.75, 3.05) is 19.1 Å². The molecule has 1 atom stereocenters. The maximum atomic E-state index is 12.3. The summed E-state index contributed by atoms with van der Waals surface area (Å²) in [7, 11) is 0. The Hall–Kier alpha value is -1.77. The third-order valence-corrected chi connectivity index (χ3v) is 4.38. The number of thioether (sulfide) groups is 1. The highest BCUT2D eigenvalue weighted by atomic mass is 32.2. The number of ether oxygens (including phenoxy) is 3. The monoisotopic (exact) mass is 361 g/mol. The van der Waals surface area contributed by atoms with Crippen molar-refractivity contribution in [3.63, 3.8) is 0 Å². The van der Waals surface area contributed by atoms with Crippen LogP contribution in [0.2, 0.25) is 0 Å². The molecular formula is C15H23NO7S. The summed E-state index contributed by atoms with van der Waals surface area (Å²) in [6.07, 6.45) is 0.270. The number of carbonyl (C=O) groups is 4. The third kappa shape index (κ3) is 6.03. The molecule has 1 amide bonds. The van der Waals surface area contributed by atoms with Gasteiger partial charge < -0.3 is 19.5 Å². The summed E-state index contributed by atoms with van der Waals surface area (Å²) in [5.74, 6) is -1.60. The van der Waals surface area contributed by atoms with Gasteiger partial charge in [0.25, 0.3) is 4.93 Å². The van der Waals surface area contributed by atoms with Crippen molar-refractivity contribution in [1.29, 1.82) is 0 Å². The highest BCUT2D eigenvalue weighted by Crippen LogP contribution is 2.38. The van der Waals surface area contributed by atoms with Gasteiger partial charge in [0.15, 0.2) is 0 Å². The molecule has 0 radical (unpaired) electrons. The summed E-state index contributed by atoms with van der Waals surface area (Å²) in [6.45, 7) is 6.19. The molecule has 0 spiro atoms. The van der Waals surface area contributed by atoms with Crippen molar-refractivity contribution in [3.05, 3.63) is 0 Å². The van der Waals surface area contributed by atoms with Crippen LogP contribution in [-0.4, -0.2) is 47.8 Å². The molecule has 1 rings (SSSR count). The van der Waals surface area contributed by atoms with Crippen LogP contribution in [0.15, 0.2) is 0 Å². The van der Waals surface area contributed by atoms with Gasteiger partial charge in [0.2, 0.25) is 12.7 Å². The van der Waals surface area contributed by atoms with E-state index in [4.69, 9.17) is 14.2 Å². The van der Waals surface area contributed by atoms with E-state index in [1.54, 1.807) is 20.8 Å². The van der Waals surface area contributed by atoms with E-state index >= 15 is 0 Å². The van der Waals surface area contributed by atoms with Crippen molar-refractivity contribution in [2.24, 2.45) is 5.41 Å². The van der Waals surface area contributed by atoms with E-state index in [-0.39, 0.29) is 18.7 Å². The fourth-order valence-corrected chi connectivity index (χ4v) is 2.87. The van der Waals surface area contributed by atoms with Crippen molar-refractivity contribution in [3.8, 4) is 0 Å². The largest absolute Gasteiger partial charge is 0.436 e. The van der Waals surface area contributed by atoms with Gasteiger partial charge in [-0.25, -0.2) is 4.79 Å². The molecule has 0 saturated carbocycles. The highest BCUT2D eigenvalue weighted by Gasteiger charge is 2.49. The maximum Gasteiger partial charge on any atom is 0.364 e. The van der Waals surface area contributed by atoms with Crippen LogP contribution in [0.4, 0.5) is 0 Å². The van der Waals surface area contributed by atoms with Crippen LogP contribution in [-0.2, 0) is 33.4 Å². The van der Waals surface area contributed by atoms with Crippen molar-refractivity contribution >= 4 is 35.6 Å². The van der Waals surface area contributed by atoms with Gasteiger partial charge in [0.05, 0.1) is 11.8 Å². The van der Waals surface area contributed by atoms with Crippen LogP contribution in [0.25, 0.3) is 0 Å². The summed E-state index contributed by atoms with van der Waals surface area (Å²) >= 11 is 1.08. The lowest BCUT2D eigenvalue weighted by atomic mass is 9.98. The van der Waals surface area contributed by atoms with Crippen LogP contribution in [0.1, 0.15) is 40.5 Å². The van der Waals surface area contributed by atoms with Gasteiger partial charge in [-0.15, -0.1) is 11.8 Å². The summed E-state index contributed by atoms with van der Waals surface area (Å²) in [6, 6.07) is 0. The summed E-state index contributed by atoms with van der Waals surface area (Å²) in [4.78, 5) is 44.7. The molecule has 1 saturated heterocycles. The Bertz CT molecular complexity index is 514. The SMILES string of the molecule is CC(=O)NCCSC1(C(=O)OCOC(=O)C(C)(C)C)CCC(=O)O1. The zero-order valence-corrected chi connectivity index (χ0v) is 15.1. The van der Waals surface area contributed by atoms with Crippen LogP contribution < -0.4 is 5.32 Å². The zero-order valence-electron chi connectivity index (χ0n) is 14.3. The standard InChI is InChI=1S/C15H23NO7S/c1-10(17)16-7-8-24-15(6-5-11(18)23-15)13(20)22-9-21-12(19)14(2,3)4/h5-9H2,1-4H3,(H,16,17). The second-order valence-corrected chi connectivity index (χ2v) is 7.65. The van der Waals surface area contributed by atoms with Crippen LogP contribution >= 0.6 is 11.8 Å². The molecule has 1 heterocycles. The van der Waals surface area contributed by atoms with Crippen LogP contribution in [0.5, 0.6) is 0 Å². The van der Waals surface area contributed by atoms with E-state index in [2.05, 4.69) is 5.32 Å². The topological polar surface area (TPSA) is 108 Å². The van der Waals surface area contributed by atoms with E-state index in [1.807, 2.05) is 0 Å². The Morgan fingerprint density at radius 1 is 1.29 bits per heavy atom. The smallest absolute Gasteiger partial charge is 0.364 e. The van der Waals surface area contributed by atoms with Gasteiger partial charge in [0.1, 0.15) is 0 Å². The lowest BCUT2D eigenvalue weighted by Crippen LogP contribution is -2.39. The van der Waals surface area contributed by atoms with E-state index in [9.17, 15) is 19.2 Å². The number of cyclic esters (lactones) is 1. The Morgan fingerprint density at radius 2 is 1.96 bits per heavy atom. The maximum absolute atomic E-state index is 12.3. The Kier molecular flexibility index (Phi) is 7.07. The number of carbonyl (C=O) groups excluding carboxylic acids is 4. The number of amides is 1. The lowest BCUT2D eigenvalue weighted by molar-refractivity contribution is -0.182. The molecule has 9 heteroatoms. The molecule has 0 aromatic heterocycles. The van der Waals surface area contributed by atoms with Gasteiger partial charge in [0, 0.05) is 25.6 Å². The van der Waals surface area contributed by atoms with Crippen molar-refractivity contribution < 1.29 is 33.4 Å². The molecule has 1 fully saturated rings. The average Bonchev–Trinajstić information content (AvgIpc) is 2.85. The molecule has 0 aromatic carbocycles. The summed E-state index contributed by atoms with van der Waals surface area (Å²) in [5.41, 5.74) is -0.711. The molecule has 8 nitrogen and oxygen atoms in total. The van der Waals surface area contributed by atoms with Crippen LogP contribution in [0.3, 0.4) is 0 Å². The zero-order chi connectivity index (χ0) is 18.4. The number of rotatable bonds is 7. The number of nitrogens with one attached hydrogen (secondary N) is 1. The average molecular weight is 361 g/mol. The first-order valence-corrected chi connectivity index (χ1v) is 8.50. The quantitative estimate of drug-likeness (QED) is 0.406. The number of hydrogen-bond acceptors (Lipinski definition) is 8. The third-order valence-electron chi connectivity index (χ3n) is 3.05. The fourth-order valence-electron chi connectivity index (χ4n) is 1.76. The molecular weight excluding hydrogens is 338 g/mol. The van der Waals surface area contributed by atoms with Crippen LogP contribution in [0, 0.1) is 5.41 Å². The molecule has 136 valence electrons. The van der Waals surface area contributed by atoms with Gasteiger partial charge in [-0.1, -0.05) is 0 Å². The molecule has 0 bridgehead atoms. The second kappa shape index (κ2) is 8.36. The lowest BCUT2D eigenvalue weighted by Gasteiger charge is -2.25. The van der Waals surface area contributed by atoms with Crippen molar-refractivity contribution in [1.82, 2.24) is 5.32 Å². The molecule has 0 aliphatic carbocycles. The van der Waals surface area contributed by atoms with E-state index in [0.29, 0.717) is 12.3 Å². The summed E-state index contributed by atoms with van der Waals surface area (Å²) < 4.78 is 15.0. The fraction of sp³-hybridized carbons (Fsp3) is 0.733. The van der Waals surface area contributed by atoms with E-state index < -0.39 is 35.0 Å². The molecule has 1 unspecified atom stereocenters. The number of hydrogen-bond donors (Lipinski definition) is 1. The highest BCUT2D eigenvalue weighted by molar-refractivity contribution is 8.01. The normalized spacial score (nSPS) is 20.2. The first kappa shape index (κ1) is 20.3. The van der Waals surface area contributed by atoms with Gasteiger partial charge in [-0.2, -0.15) is 0 Å². The minimum absolute atomic E-state index is 0.101. The van der Waals surface area contributed by atoms with E-state index in [0.717, 1.165) is 11.8 Å². The minimum Gasteiger partial charge on any atom is -0.436 e. The Balaban J connectivity index is 2.54. The first-order valence-electron chi connectivity index (χ1n) is 7.51. The first-order chi connectivity index (χ1) is 11.1. The molecule has 1 aliphatic rings. The summed E-state index contributed by atoms with van der Waals surface area (Å²) in [5, 5.41) is 2.59. The molecule has 1 N–H and O–H groups in total. The molecule has 24 heavy (non-hydrogen) atoms. The molecule has 0 aromatic rings. The Labute approximate surface area is 145 Å². The minimum atomic E-state index is -1.45. The predicted octanol–water partition coefficient (Wildman–Crippen LogP) is 0.979. The second-order valence-electron chi connectivity index (χ2n) is 6.29. The van der Waals surface area contributed by atoms with Crippen molar-refractivity contribution in [2.45, 2.75) is 45.5 Å².